The number of aromatic nitrogens is 1. The number of aromatic carboxylic acids is 1. The van der Waals surface area contributed by atoms with E-state index in [-0.39, 0.29) is 17.5 Å². The molecule has 0 radical (unpaired) electrons. The number of carbonyl (C=O) groups is 2. The first-order valence-electron chi connectivity index (χ1n) is 7.04. The highest BCUT2D eigenvalue weighted by Gasteiger charge is 2.15. The van der Waals surface area contributed by atoms with E-state index in [1.807, 2.05) is 6.92 Å². The number of carboxylic acid groups (broad SMARTS) is 1. The zero-order chi connectivity index (χ0) is 15.0. The van der Waals surface area contributed by atoms with Crippen molar-refractivity contribution in [3.63, 3.8) is 0 Å². The molecule has 5 nitrogen and oxygen atoms in total. The maximum atomic E-state index is 12.0. The van der Waals surface area contributed by atoms with E-state index in [0.717, 1.165) is 31.2 Å². The topological polar surface area (TPSA) is 79.3 Å². The van der Waals surface area contributed by atoms with Crippen molar-refractivity contribution in [2.45, 2.75) is 46.1 Å². The average Bonchev–Trinajstić information content (AvgIpc) is 2.46. The average molecular weight is 278 g/mol. The SMILES string of the molecule is CCCCC(CC)C(=O)NCc1ccc(C(=O)O)nc1. The van der Waals surface area contributed by atoms with Crippen LogP contribution in [0.2, 0.25) is 0 Å². The standard InChI is InChI=1S/C15H22N2O3/c1-3-5-6-12(4-2)14(18)17-10-11-7-8-13(15(19)20)16-9-11/h7-9,12H,3-6,10H2,1-2H3,(H,17,18)(H,19,20). The molecule has 2 N–H and O–H groups in total. The highest BCUT2D eigenvalue weighted by Crippen LogP contribution is 2.12. The zero-order valence-corrected chi connectivity index (χ0v) is 12.1. The summed E-state index contributed by atoms with van der Waals surface area (Å²) in [7, 11) is 0. The van der Waals surface area contributed by atoms with Gasteiger partial charge >= 0.3 is 5.97 Å². The number of rotatable bonds is 8. The van der Waals surface area contributed by atoms with E-state index in [1.165, 1.54) is 12.3 Å². The zero-order valence-electron chi connectivity index (χ0n) is 12.1. The molecule has 1 aromatic rings. The molecule has 0 fully saturated rings. The Morgan fingerprint density at radius 2 is 2.10 bits per heavy atom. The van der Waals surface area contributed by atoms with Crippen LogP contribution < -0.4 is 5.32 Å². The van der Waals surface area contributed by atoms with Crippen LogP contribution in [-0.4, -0.2) is 22.0 Å². The van der Waals surface area contributed by atoms with Crippen LogP contribution in [0.1, 0.15) is 55.6 Å². The molecule has 1 atom stereocenters. The highest BCUT2D eigenvalue weighted by atomic mass is 16.4. The molecule has 1 amide bonds. The van der Waals surface area contributed by atoms with Gasteiger partial charge in [-0.15, -0.1) is 0 Å². The fourth-order valence-electron chi connectivity index (χ4n) is 1.96. The van der Waals surface area contributed by atoms with Gasteiger partial charge in [-0.3, -0.25) is 4.79 Å². The summed E-state index contributed by atoms with van der Waals surface area (Å²) in [5.74, 6) is -0.935. The van der Waals surface area contributed by atoms with Crippen molar-refractivity contribution in [3.8, 4) is 0 Å². The summed E-state index contributed by atoms with van der Waals surface area (Å²) in [6.45, 7) is 4.51. The second-order valence-electron chi connectivity index (χ2n) is 4.82. The van der Waals surface area contributed by atoms with Crippen molar-refractivity contribution in [1.29, 1.82) is 0 Å². The van der Waals surface area contributed by atoms with Crippen LogP contribution in [0.15, 0.2) is 18.3 Å². The largest absolute Gasteiger partial charge is 0.477 e. The minimum Gasteiger partial charge on any atom is -0.477 e. The molecule has 0 saturated carbocycles. The molecule has 5 heteroatoms. The van der Waals surface area contributed by atoms with Crippen LogP contribution in [-0.2, 0) is 11.3 Å². The molecule has 1 heterocycles. The Bertz CT molecular complexity index is 443. The van der Waals surface area contributed by atoms with Gasteiger partial charge in [0.15, 0.2) is 0 Å². The summed E-state index contributed by atoms with van der Waals surface area (Å²) in [4.78, 5) is 26.5. The normalized spacial score (nSPS) is 11.9. The van der Waals surface area contributed by atoms with E-state index >= 15 is 0 Å². The summed E-state index contributed by atoms with van der Waals surface area (Å²) in [5, 5.41) is 11.6. The lowest BCUT2D eigenvalue weighted by atomic mass is 9.98. The third-order valence-corrected chi connectivity index (χ3v) is 3.28. The second kappa shape index (κ2) is 8.30. The predicted octanol–water partition coefficient (Wildman–Crippen LogP) is 2.61. The van der Waals surface area contributed by atoms with E-state index in [2.05, 4.69) is 17.2 Å². The number of hydrogen-bond donors (Lipinski definition) is 2. The molecule has 110 valence electrons. The van der Waals surface area contributed by atoms with E-state index in [1.54, 1.807) is 6.07 Å². The first kappa shape index (κ1) is 16.1. The van der Waals surface area contributed by atoms with Crippen LogP contribution in [0.4, 0.5) is 0 Å². The van der Waals surface area contributed by atoms with Crippen LogP contribution in [0.25, 0.3) is 0 Å². The predicted molar refractivity (Wildman–Crippen MR) is 76.3 cm³/mol. The summed E-state index contributed by atoms with van der Waals surface area (Å²) in [6.07, 6.45) is 5.37. The van der Waals surface area contributed by atoms with E-state index in [4.69, 9.17) is 5.11 Å². The Morgan fingerprint density at radius 1 is 1.35 bits per heavy atom. The molecular weight excluding hydrogens is 256 g/mol. The molecule has 1 unspecified atom stereocenters. The lowest BCUT2D eigenvalue weighted by Gasteiger charge is -2.14. The van der Waals surface area contributed by atoms with Gasteiger partial charge in [-0.2, -0.15) is 0 Å². The Kier molecular flexibility index (Phi) is 6.70. The molecule has 0 bridgehead atoms. The number of hydrogen-bond acceptors (Lipinski definition) is 3. The van der Waals surface area contributed by atoms with E-state index in [9.17, 15) is 9.59 Å². The molecule has 0 aliphatic carbocycles. The van der Waals surface area contributed by atoms with E-state index in [0.29, 0.717) is 6.54 Å². The maximum absolute atomic E-state index is 12.0. The number of carbonyl (C=O) groups excluding carboxylic acids is 1. The first-order chi connectivity index (χ1) is 9.58. The highest BCUT2D eigenvalue weighted by molar-refractivity contribution is 5.85. The van der Waals surface area contributed by atoms with Crippen molar-refractivity contribution in [3.05, 3.63) is 29.6 Å². The van der Waals surface area contributed by atoms with Gasteiger partial charge in [0.1, 0.15) is 5.69 Å². The molecule has 0 saturated heterocycles. The quantitative estimate of drug-likeness (QED) is 0.766. The van der Waals surface area contributed by atoms with Crippen molar-refractivity contribution >= 4 is 11.9 Å². The smallest absolute Gasteiger partial charge is 0.354 e. The van der Waals surface area contributed by atoms with Crippen LogP contribution in [0.3, 0.4) is 0 Å². The van der Waals surface area contributed by atoms with Gasteiger partial charge in [0.25, 0.3) is 0 Å². The summed E-state index contributed by atoms with van der Waals surface area (Å²) in [6, 6.07) is 3.11. The minimum atomic E-state index is -1.05. The number of nitrogens with zero attached hydrogens (tertiary/aromatic N) is 1. The van der Waals surface area contributed by atoms with Gasteiger partial charge in [0.05, 0.1) is 0 Å². The monoisotopic (exact) mass is 278 g/mol. The lowest BCUT2D eigenvalue weighted by molar-refractivity contribution is -0.125. The van der Waals surface area contributed by atoms with Crippen molar-refractivity contribution in [2.75, 3.05) is 0 Å². The third-order valence-electron chi connectivity index (χ3n) is 3.28. The van der Waals surface area contributed by atoms with Crippen molar-refractivity contribution in [1.82, 2.24) is 10.3 Å². The van der Waals surface area contributed by atoms with Gasteiger partial charge < -0.3 is 10.4 Å². The summed E-state index contributed by atoms with van der Waals surface area (Å²) < 4.78 is 0. The van der Waals surface area contributed by atoms with Gasteiger partial charge in [-0.1, -0.05) is 32.8 Å². The van der Waals surface area contributed by atoms with Gasteiger partial charge in [0.2, 0.25) is 5.91 Å². The Morgan fingerprint density at radius 3 is 2.60 bits per heavy atom. The maximum Gasteiger partial charge on any atom is 0.354 e. The van der Waals surface area contributed by atoms with Crippen LogP contribution >= 0.6 is 0 Å². The number of pyridine rings is 1. The second-order valence-corrected chi connectivity index (χ2v) is 4.82. The number of unbranched alkanes of at least 4 members (excludes halogenated alkanes) is 1. The fourth-order valence-corrected chi connectivity index (χ4v) is 1.96. The number of nitrogens with one attached hydrogen (secondary N) is 1. The number of carboxylic acids is 1. The van der Waals surface area contributed by atoms with Crippen molar-refractivity contribution in [2.24, 2.45) is 5.92 Å². The molecule has 20 heavy (non-hydrogen) atoms. The first-order valence-corrected chi connectivity index (χ1v) is 7.04. The Hall–Kier alpha value is -1.91. The molecule has 0 aliphatic rings. The van der Waals surface area contributed by atoms with E-state index < -0.39 is 5.97 Å². The fraction of sp³-hybridized carbons (Fsp3) is 0.533. The van der Waals surface area contributed by atoms with Crippen LogP contribution in [0.5, 0.6) is 0 Å². The molecule has 0 aromatic carbocycles. The van der Waals surface area contributed by atoms with Gasteiger partial charge in [-0.05, 0) is 24.5 Å². The molecule has 1 aromatic heterocycles. The minimum absolute atomic E-state index is 0.00876. The number of amides is 1. The molecule has 1 rings (SSSR count). The Labute approximate surface area is 119 Å². The summed E-state index contributed by atoms with van der Waals surface area (Å²) >= 11 is 0. The molecule has 0 spiro atoms. The lowest BCUT2D eigenvalue weighted by Crippen LogP contribution is -2.30. The van der Waals surface area contributed by atoms with Crippen molar-refractivity contribution < 1.29 is 14.7 Å². The van der Waals surface area contributed by atoms with Crippen LogP contribution in [0, 0.1) is 5.92 Å². The van der Waals surface area contributed by atoms with Gasteiger partial charge in [0, 0.05) is 18.7 Å². The Balaban J connectivity index is 2.49. The van der Waals surface area contributed by atoms with Gasteiger partial charge in [-0.25, -0.2) is 9.78 Å². The third kappa shape index (κ3) is 4.99. The summed E-state index contributed by atoms with van der Waals surface area (Å²) in [5.41, 5.74) is 0.808. The molecule has 0 aliphatic heterocycles. The molecular formula is C15H22N2O3.